The third-order valence-electron chi connectivity index (χ3n) is 4.31. The van der Waals surface area contributed by atoms with Crippen molar-refractivity contribution in [3.8, 4) is 0 Å². The van der Waals surface area contributed by atoms with E-state index in [1.807, 2.05) is 6.07 Å². The van der Waals surface area contributed by atoms with E-state index in [4.69, 9.17) is 4.74 Å². The van der Waals surface area contributed by atoms with E-state index in [0.29, 0.717) is 13.1 Å². The molecular weight excluding hydrogens is 268 g/mol. The molecule has 0 N–H and O–H groups in total. The Morgan fingerprint density at radius 3 is 2.86 bits per heavy atom. The van der Waals surface area contributed by atoms with Crippen molar-refractivity contribution in [2.45, 2.75) is 19.4 Å². The zero-order valence-corrected chi connectivity index (χ0v) is 12.2. The Morgan fingerprint density at radius 1 is 1.24 bits per heavy atom. The highest BCUT2D eigenvalue weighted by molar-refractivity contribution is 6.32. The van der Waals surface area contributed by atoms with E-state index in [1.54, 1.807) is 11.8 Å². The average Bonchev–Trinajstić information content (AvgIpc) is 2.53. The van der Waals surface area contributed by atoms with Crippen molar-refractivity contribution in [2.24, 2.45) is 0 Å². The van der Waals surface area contributed by atoms with Gasteiger partial charge in [0.15, 0.2) is 0 Å². The lowest BCUT2D eigenvalue weighted by atomic mass is 9.91. The first-order valence-corrected chi connectivity index (χ1v) is 7.48. The van der Waals surface area contributed by atoms with E-state index in [1.165, 1.54) is 11.1 Å². The maximum atomic E-state index is 12.1. The maximum absolute atomic E-state index is 12.1. The van der Waals surface area contributed by atoms with Crippen molar-refractivity contribution in [1.29, 1.82) is 0 Å². The fourth-order valence-corrected chi connectivity index (χ4v) is 3.24. The first-order chi connectivity index (χ1) is 10.2. The van der Waals surface area contributed by atoms with Crippen molar-refractivity contribution in [2.75, 3.05) is 32.8 Å². The molecule has 1 fully saturated rings. The van der Waals surface area contributed by atoms with Crippen LogP contribution in [0.3, 0.4) is 0 Å². The van der Waals surface area contributed by atoms with Crippen LogP contribution >= 0.6 is 0 Å². The highest BCUT2D eigenvalue weighted by Crippen LogP contribution is 2.32. The van der Waals surface area contributed by atoms with Crippen molar-refractivity contribution in [1.82, 2.24) is 9.80 Å². The minimum absolute atomic E-state index is 0.196. The number of nitrogens with zero attached hydrogens (tertiary/aromatic N) is 2. The topological polar surface area (TPSA) is 49.9 Å². The second kappa shape index (κ2) is 5.85. The van der Waals surface area contributed by atoms with Crippen molar-refractivity contribution in [3.05, 3.63) is 35.4 Å². The van der Waals surface area contributed by atoms with Gasteiger partial charge in [0.05, 0.1) is 12.6 Å². The molecule has 0 aromatic heterocycles. The van der Waals surface area contributed by atoms with Gasteiger partial charge in [-0.05, 0) is 24.5 Å². The highest BCUT2D eigenvalue weighted by atomic mass is 16.5. The van der Waals surface area contributed by atoms with Crippen molar-refractivity contribution >= 4 is 11.9 Å². The molecule has 5 nitrogen and oxygen atoms in total. The summed E-state index contributed by atoms with van der Waals surface area (Å²) in [6, 6.07) is 8.57. The monoisotopic (exact) mass is 288 g/mol. The summed E-state index contributed by atoms with van der Waals surface area (Å²) in [5, 5.41) is 0. The number of hydrogen-bond acceptors (Lipinski definition) is 4. The van der Waals surface area contributed by atoms with Crippen LogP contribution in [0.1, 0.15) is 24.1 Å². The van der Waals surface area contributed by atoms with Crippen LogP contribution in [0.5, 0.6) is 0 Å². The van der Waals surface area contributed by atoms with Gasteiger partial charge in [0.25, 0.3) is 0 Å². The van der Waals surface area contributed by atoms with Gasteiger partial charge in [-0.1, -0.05) is 24.3 Å². The Kier molecular flexibility index (Phi) is 3.92. The number of rotatable bonds is 1. The van der Waals surface area contributed by atoms with E-state index >= 15 is 0 Å². The van der Waals surface area contributed by atoms with Gasteiger partial charge < -0.3 is 9.64 Å². The van der Waals surface area contributed by atoms with Gasteiger partial charge in [-0.25, -0.2) is 4.79 Å². The van der Waals surface area contributed by atoms with E-state index in [0.717, 1.165) is 19.5 Å². The molecule has 1 saturated heterocycles. The summed E-state index contributed by atoms with van der Waals surface area (Å²) in [6.07, 6.45) is 1.05. The number of ether oxygens (including phenoxy) is 1. The van der Waals surface area contributed by atoms with E-state index in [-0.39, 0.29) is 12.6 Å². The summed E-state index contributed by atoms with van der Waals surface area (Å²) >= 11 is 0. The first kappa shape index (κ1) is 14.1. The van der Waals surface area contributed by atoms with Crippen molar-refractivity contribution < 1.29 is 14.3 Å². The molecule has 5 heteroatoms. The quantitative estimate of drug-likeness (QED) is 0.571. The molecule has 112 valence electrons. The normalized spacial score (nSPS) is 21.4. The number of amides is 1. The second-order valence-electron chi connectivity index (χ2n) is 5.47. The zero-order valence-electron chi connectivity index (χ0n) is 12.2. The molecule has 2 heterocycles. The summed E-state index contributed by atoms with van der Waals surface area (Å²) in [5.41, 5.74) is 2.63. The molecule has 0 spiro atoms. The average molecular weight is 288 g/mol. The Balaban J connectivity index is 1.77. The summed E-state index contributed by atoms with van der Waals surface area (Å²) in [6.45, 7) is 4.93. The number of fused-ring (bicyclic) bond motifs is 3. The molecule has 0 saturated carbocycles. The molecule has 2 aliphatic rings. The van der Waals surface area contributed by atoms with Crippen LogP contribution in [0.2, 0.25) is 0 Å². The lowest BCUT2D eigenvalue weighted by Gasteiger charge is -2.44. The van der Waals surface area contributed by atoms with Gasteiger partial charge in [0, 0.05) is 26.2 Å². The van der Waals surface area contributed by atoms with Crippen LogP contribution in [0.15, 0.2) is 24.3 Å². The lowest BCUT2D eigenvalue weighted by Crippen LogP contribution is -2.54. The number of esters is 1. The molecular formula is C16H20N2O3. The number of benzene rings is 1. The Hall–Kier alpha value is -1.88. The summed E-state index contributed by atoms with van der Waals surface area (Å²) in [4.78, 5) is 27.8. The number of carbonyl (C=O) groups excluding carboxylic acids is 2. The van der Waals surface area contributed by atoms with Gasteiger partial charge in [0.1, 0.15) is 0 Å². The van der Waals surface area contributed by atoms with Gasteiger partial charge in [-0.3, -0.25) is 9.69 Å². The second-order valence-corrected chi connectivity index (χ2v) is 5.47. The number of carbonyl (C=O) groups is 2. The molecule has 1 aromatic rings. The van der Waals surface area contributed by atoms with Gasteiger partial charge in [-0.15, -0.1) is 0 Å². The lowest BCUT2D eigenvalue weighted by molar-refractivity contribution is -0.161. The highest BCUT2D eigenvalue weighted by Gasteiger charge is 2.36. The fourth-order valence-electron chi connectivity index (χ4n) is 3.24. The maximum Gasteiger partial charge on any atom is 0.397 e. The number of piperazine rings is 1. The summed E-state index contributed by atoms with van der Waals surface area (Å²) < 4.78 is 4.82. The van der Waals surface area contributed by atoms with Gasteiger partial charge >= 0.3 is 11.9 Å². The molecule has 0 aliphatic carbocycles. The Morgan fingerprint density at radius 2 is 2.05 bits per heavy atom. The Labute approximate surface area is 124 Å². The van der Waals surface area contributed by atoms with E-state index in [2.05, 4.69) is 23.1 Å². The molecule has 1 atom stereocenters. The first-order valence-electron chi connectivity index (χ1n) is 7.48. The van der Waals surface area contributed by atoms with Crippen LogP contribution in [-0.2, 0) is 20.7 Å². The van der Waals surface area contributed by atoms with Gasteiger partial charge in [0.2, 0.25) is 0 Å². The molecule has 21 heavy (non-hydrogen) atoms. The largest absolute Gasteiger partial charge is 0.459 e. The van der Waals surface area contributed by atoms with Crippen LogP contribution < -0.4 is 0 Å². The predicted molar refractivity (Wildman–Crippen MR) is 77.7 cm³/mol. The SMILES string of the molecule is CCOC(=O)C(=O)N1CCN2CCc3ccccc3C2C1. The molecule has 1 unspecified atom stereocenters. The van der Waals surface area contributed by atoms with Crippen LogP contribution in [0.25, 0.3) is 0 Å². The minimum atomic E-state index is -0.741. The third kappa shape index (κ3) is 2.65. The fraction of sp³-hybridized carbons (Fsp3) is 0.500. The molecule has 3 rings (SSSR count). The molecule has 0 bridgehead atoms. The van der Waals surface area contributed by atoms with Crippen LogP contribution in [0.4, 0.5) is 0 Å². The van der Waals surface area contributed by atoms with Crippen LogP contribution in [0, 0.1) is 0 Å². The number of hydrogen-bond donors (Lipinski definition) is 0. The third-order valence-corrected chi connectivity index (χ3v) is 4.31. The van der Waals surface area contributed by atoms with Crippen LogP contribution in [-0.4, -0.2) is 54.5 Å². The smallest absolute Gasteiger partial charge is 0.397 e. The summed E-state index contributed by atoms with van der Waals surface area (Å²) in [5.74, 6) is -1.26. The minimum Gasteiger partial charge on any atom is -0.459 e. The molecule has 0 radical (unpaired) electrons. The molecule has 1 amide bonds. The van der Waals surface area contributed by atoms with E-state index in [9.17, 15) is 9.59 Å². The zero-order chi connectivity index (χ0) is 14.8. The standard InChI is InChI=1S/C16H20N2O3/c1-2-21-16(20)15(19)18-10-9-17-8-7-12-5-3-4-6-13(12)14(17)11-18/h3-6,14H,2,7-11H2,1H3. The summed E-state index contributed by atoms with van der Waals surface area (Å²) in [7, 11) is 0. The van der Waals surface area contributed by atoms with Crippen molar-refractivity contribution in [3.63, 3.8) is 0 Å². The Bertz CT molecular complexity index is 558. The van der Waals surface area contributed by atoms with E-state index < -0.39 is 11.9 Å². The van der Waals surface area contributed by atoms with Gasteiger partial charge in [-0.2, -0.15) is 0 Å². The predicted octanol–water partition coefficient (Wildman–Crippen LogP) is 0.991. The molecule has 1 aromatic carbocycles. The molecule has 2 aliphatic heterocycles.